The van der Waals surface area contributed by atoms with Crippen LogP contribution >= 0.6 is 11.8 Å². The molecule has 0 radical (unpaired) electrons. The van der Waals surface area contributed by atoms with E-state index in [0.29, 0.717) is 22.8 Å². The highest BCUT2D eigenvalue weighted by Gasteiger charge is 2.22. The van der Waals surface area contributed by atoms with Crippen LogP contribution in [-0.4, -0.2) is 31.2 Å². The lowest BCUT2D eigenvalue weighted by Gasteiger charge is -2.29. The summed E-state index contributed by atoms with van der Waals surface area (Å²) in [6, 6.07) is 22.6. The molecule has 3 aromatic rings. The first-order valence-electron chi connectivity index (χ1n) is 10.2. The number of nitrogens with one attached hydrogen (secondary N) is 1. The van der Waals surface area contributed by atoms with E-state index >= 15 is 0 Å². The minimum atomic E-state index is -0.189. The van der Waals surface area contributed by atoms with E-state index < -0.39 is 0 Å². The van der Waals surface area contributed by atoms with E-state index in [1.165, 1.54) is 17.3 Å². The van der Waals surface area contributed by atoms with Crippen LogP contribution in [-0.2, 0) is 11.2 Å². The summed E-state index contributed by atoms with van der Waals surface area (Å²) >= 11 is 1.48. The molecule has 0 saturated heterocycles. The first-order valence-corrected chi connectivity index (χ1v) is 11.2. The number of hydrogen-bond acceptors (Lipinski definition) is 4. The second-order valence-electron chi connectivity index (χ2n) is 7.28. The van der Waals surface area contributed by atoms with Crippen molar-refractivity contribution in [1.82, 2.24) is 0 Å². The highest BCUT2D eigenvalue weighted by molar-refractivity contribution is 8.00. The Kier molecular flexibility index (Phi) is 6.57. The SMILES string of the molecule is COc1ccc(C(=O)Nc2cccc(SCC(=O)N3CCCc4ccccc43)c2)cc1. The highest BCUT2D eigenvalue weighted by atomic mass is 32.2. The van der Waals surface area contributed by atoms with Crippen molar-refractivity contribution in [2.75, 3.05) is 29.6 Å². The van der Waals surface area contributed by atoms with E-state index in [-0.39, 0.29) is 11.8 Å². The first-order chi connectivity index (χ1) is 15.1. The van der Waals surface area contributed by atoms with Gasteiger partial charge in [-0.3, -0.25) is 9.59 Å². The average Bonchev–Trinajstić information content (AvgIpc) is 2.82. The molecule has 0 saturated carbocycles. The molecule has 6 heteroatoms. The number of amides is 2. The molecule has 0 aliphatic carbocycles. The third-order valence-electron chi connectivity index (χ3n) is 5.22. The molecule has 4 rings (SSSR count). The number of ether oxygens (including phenoxy) is 1. The van der Waals surface area contributed by atoms with Gasteiger partial charge >= 0.3 is 0 Å². The zero-order chi connectivity index (χ0) is 21.6. The van der Waals surface area contributed by atoms with Crippen molar-refractivity contribution in [3.05, 3.63) is 83.9 Å². The summed E-state index contributed by atoms with van der Waals surface area (Å²) in [7, 11) is 1.59. The largest absolute Gasteiger partial charge is 0.497 e. The lowest BCUT2D eigenvalue weighted by molar-refractivity contribution is -0.116. The highest BCUT2D eigenvalue weighted by Crippen LogP contribution is 2.29. The fourth-order valence-corrected chi connectivity index (χ4v) is 4.46. The molecule has 0 atom stereocenters. The van der Waals surface area contributed by atoms with Gasteiger partial charge in [-0.2, -0.15) is 0 Å². The molecule has 3 aromatic carbocycles. The molecule has 0 spiro atoms. The minimum absolute atomic E-state index is 0.102. The quantitative estimate of drug-likeness (QED) is 0.556. The molecule has 0 unspecified atom stereocenters. The van der Waals surface area contributed by atoms with Crippen molar-refractivity contribution in [3.63, 3.8) is 0 Å². The summed E-state index contributed by atoms with van der Waals surface area (Å²) < 4.78 is 5.13. The van der Waals surface area contributed by atoms with Crippen molar-refractivity contribution < 1.29 is 14.3 Å². The van der Waals surface area contributed by atoms with Crippen LogP contribution in [0.3, 0.4) is 0 Å². The fraction of sp³-hybridized carbons (Fsp3) is 0.200. The third-order valence-corrected chi connectivity index (χ3v) is 6.20. The molecule has 0 fully saturated rings. The zero-order valence-corrected chi connectivity index (χ0v) is 18.2. The molecule has 1 heterocycles. The van der Waals surface area contributed by atoms with E-state index in [2.05, 4.69) is 11.4 Å². The number of benzene rings is 3. The van der Waals surface area contributed by atoms with Gasteiger partial charge in [-0.05, 0) is 66.9 Å². The molecule has 1 aliphatic rings. The topological polar surface area (TPSA) is 58.6 Å². The van der Waals surface area contributed by atoms with E-state index in [9.17, 15) is 9.59 Å². The van der Waals surface area contributed by atoms with Gasteiger partial charge in [0.1, 0.15) is 5.75 Å². The number of aryl methyl sites for hydroxylation is 1. The van der Waals surface area contributed by atoms with Crippen molar-refractivity contribution in [1.29, 1.82) is 0 Å². The Balaban J connectivity index is 1.37. The number of anilines is 2. The Bertz CT molecular complexity index is 1080. The number of fused-ring (bicyclic) bond motifs is 1. The maximum Gasteiger partial charge on any atom is 0.255 e. The fourth-order valence-electron chi connectivity index (χ4n) is 3.62. The second-order valence-corrected chi connectivity index (χ2v) is 8.33. The third kappa shape index (κ3) is 5.09. The van der Waals surface area contributed by atoms with Gasteiger partial charge in [0.15, 0.2) is 0 Å². The molecular weight excluding hydrogens is 408 g/mol. The van der Waals surface area contributed by atoms with Gasteiger partial charge in [0.05, 0.1) is 12.9 Å². The molecule has 0 aromatic heterocycles. The number of para-hydroxylation sites is 1. The smallest absolute Gasteiger partial charge is 0.255 e. The molecule has 31 heavy (non-hydrogen) atoms. The van der Waals surface area contributed by atoms with E-state index in [4.69, 9.17) is 4.74 Å². The van der Waals surface area contributed by atoms with Gasteiger partial charge in [0, 0.05) is 28.4 Å². The summed E-state index contributed by atoms with van der Waals surface area (Å²) in [5.41, 5.74) is 3.51. The predicted octanol–water partition coefficient (Wildman–Crippen LogP) is 5.02. The number of carbonyl (C=O) groups is 2. The maximum absolute atomic E-state index is 12.9. The summed E-state index contributed by atoms with van der Waals surface area (Å²) in [6.45, 7) is 0.758. The van der Waals surface area contributed by atoms with Crippen LogP contribution < -0.4 is 15.0 Å². The molecule has 2 amide bonds. The van der Waals surface area contributed by atoms with Gasteiger partial charge in [-0.15, -0.1) is 11.8 Å². The number of carbonyl (C=O) groups excluding carboxylic acids is 2. The van der Waals surface area contributed by atoms with Gasteiger partial charge in [-0.25, -0.2) is 0 Å². The summed E-state index contributed by atoms with van der Waals surface area (Å²) in [6.07, 6.45) is 2.00. The zero-order valence-electron chi connectivity index (χ0n) is 17.3. The summed E-state index contributed by atoms with van der Waals surface area (Å²) in [4.78, 5) is 28.2. The van der Waals surface area contributed by atoms with Crippen LogP contribution in [0.2, 0.25) is 0 Å². The Morgan fingerprint density at radius 3 is 2.65 bits per heavy atom. The second kappa shape index (κ2) is 9.71. The van der Waals surface area contributed by atoms with Crippen LogP contribution in [0.15, 0.2) is 77.7 Å². The number of hydrogen-bond donors (Lipinski definition) is 1. The summed E-state index contributed by atoms with van der Waals surface area (Å²) in [5, 5.41) is 2.91. The van der Waals surface area contributed by atoms with Crippen molar-refractivity contribution in [2.45, 2.75) is 17.7 Å². The lowest BCUT2D eigenvalue weighted by atomic mass is 10.0. The Labute approximate surface area is 186 Å². The van der Waals surface area contributed by atoms with E-state index in [1.807, 2.05) is 47.4 Å². The predicted molar refractivity (Wildman–Crippen MR) is 125 cm³/mol. The van der Waals surface area contributed by atoms with Gasteiger partial charge in [0.25, 0.3) is 5.91 Å². The molecule has 1 N–H and O–H groups in total. The number of methoxy groups -OCH3 is 1. The molecular formula is C25H24N2O3S. The van der Waals surface area contributed by atoms with Gasteiger partial charge < -0.3 is 15.0 Å². The molecule has 0 bridgehead atoms. The summed E-state index contributed by atoms with van der Waals surface area (Å²) in [5.74, 6) is 0.969. The van der Waals surface area contributed by atoms with Crippen molar-refractivity contribution >= 4 is 35.0 Å². The Morgan fingerprint density at radius 1 is 1.03 bits per heavy atom. The van der Waals surface area contributed by atoms with Gasteiger partial charge in [-0.1, -0.05) is 24.3 Å². The molecule has 158 valence electrons. The Morgan fingerprint density at radius 2 is 1.84 bits per heavy atom. The first kappa shape index (κ1) is 21.0. The number of thioether (sulfide) groups is 1. The minimum Gasteiger partial charge on any atom is -0.497 e. The van der Waals surface area contributed by atoms with Crippen molar-refractivity contribution in [3.8, 4) is 5.75 Å². The van der Waals surface area contributed by atoms with E-state index in [1.54, 1.807) is 31.4 Å². The van der Waals surface area contributed by atoms with Crippen LogP contribution in [0.4, 0.5) is 11.4 Å². The Hall–Kier alpha value is -3.25. The molecule has 5 nitrogen and oxygen atoms in total. The van der Waals surface area contributed by atoms with Crippen molar-refractivity contribution in [2.24, 2.45) is 0 Å². The maximum atomic E-state index is 12.9. The lowest BCUT2D eigenvalue weighted by Crippen LogP contribution is -2.36. The average molecular weight is 433 g/mol. The van der Waals surface area contributed by atoms with E-state index in [0.717, 1.165) is 30.0 Å². The number of rotatable bonds is 6. The monoisotopic (exact) mass is 432 g/mol. The van der Waals surface area contributed by atoms with Crippen LogP contribution in [0.5, 0.6) is 5.75 Å². The number of nitrogens with zero attached hydrogens (tertiary/aromatic N) is 1. The standard InChI is InChI=1S/C25H24N2O3S/c1-30-21-13-11-19(12-14-21)25(29)26-20-8-4-9-22(16-20)31-17-24(28)27-15-5-7-18-6-2-3-10-23(18)27/h2-4,6,8-14,16H,5,7,15,17H2,1H3,(H,26,29). The van der Waals surface area contributed by atoms with Crippen LogP contribution in [0.25, 0.3) is 0 Å². The van der Waals surface area contributed by atoms with Crippen LogP contribution in [0.1, 0.15) is 22.3 Å². The normalized spacial score (nSPS) is 12.7. The van der Waals surface area contributed by atoms with Crippen LogP contribution in [0, 0.1) is 0 Å². The molecule has 1 aliphatic heterocycles. The van der Waals surface area contributed by atoms with Gasteiger partial charge in [0.2, 0.25) is 5.91 Å².